The number of aliphatic hydroxyl groups is 2. The molecule has 0 bridgehead atoms. The van der Waals surface area contributed by atoms with Gasteiger partial charge in [-0.25, -0.2) is 9.18 Å². The van der Waals surface area contributed by atoms with E-state index >= 15 is 0 Å². The van der Waals surface area contributed by atoms with Gasteiger partial charge in [0.2, 0.25) is 5.91 Å². The van der Waals surface area contributed by atoms with E-state index in [2.05, 4.69) is 5.32 Å². The molecule has 0 aromatic heterocycles. The van der Waals surface area contributed by atoms with Crippen molar-refractivity contribution in [3.05, 3.63) is 53.8 Å². The van der Waals surface area contributed by atoms with Gasteiger partial charge in [-0.3, -0.25) is 9.69 Å². The number of benzene rings is 2. The number of nitrogens with zero attached hydrogens (tertiary/aromatic N) is 1. The maximum absolute atomic E-state index is 13.0. The summed E-state index contributed by atoms with van der Waals surface area (Å²) in [4.78, 5) is 23.6. The van der Waals surface area contributed by atoms with Crippen LogP contribution in [-0.2, 0) is 9.59 Å². The van der Waals surface area contributed by atoms with Crippen LogP contribution >= 0.6 is 0 Å². The van der Waals surface area contributed by atoms with Gasteiger partial charge in [0.05, 0.1) is 18.8 Å². The minimum Gasteiger partial charge on any atom is -0.494 e. The fourth-order valence-corrected chi connectivity index (χ4v) is 4.19. The highest BCUT2D eigenvalue weighted by Crippen LogP contribution is 2.33. The standard InChI is InChI=1S/C25H31FN2O6.C2HF3O2.CH4/c26-18-4-6-20(7-5-18)32-11-1-2-24(30)27-21(16-28-10-9-19(29)15-28)25(31)17-3-8-22-23(14-17)34-13-12-33-22;3-2(4,5)1(6)7;/h3-8,14,19,21,25,29,31H,1-2,9-13,15-16H2,(H,27,30);(H,6,7);1H4/t19-,21+,25+;;/m0../s1. The van der Waals surface area contributed by atoms with E-state index in [1.54, 1.807) is 30.3 Å². The summed E-state index contributed by atoms with van der Waals surface area (Å²) in [6.45, 7) is 2.85. The van der Waals surface area contributed by atoms with Crippen LogP contribution in [0, 0.1) is 5.82 Å². The smallest absolute Gasteiger partial charge is 0.490 e. The molecular weight excluding hydrogens is 568 g/mol. The van der Waals surface area contributed by atoms with Crippen LogP contribution in [0.4, 0.5) is 17.6 Å². The zero-order valence-electron chi connectivity index (χ0n) is 22.0. The molecule has 14 heteroatoms. The lowest BCUT2D eigenvalue weighted by Crippen LogP contribution is -2.47. The average molecular weight is 605 g/mol. The molecule has 2 aliphatic rings. The molecule has 4 N–H and O–H groups in total. The Balaban J connectivity index is 0.000000687. The van der Waals surface area contributed by atoms with Crippen LogP contribution in [0.5, 0.6) is 17.2 Å². The van der Waals surface area contributed by atoms with Gasteiger partial charge in [-0.2, -0.15) is 13.2 Å². The van der Waals surface area contributed by atoms with Crippen molar-refractivity contribution in [3.8, 4) is 17.2 Å². The molecule has 0 unspecified atom stereocenters. The molecule has 0 spiro atoms. The molecule has 10 nitrogen and oxygen atoms in total. The Bertz CT molecular complexity index is 1150. The third kappa shape index (κ3) is 11.0. The Morgan fingerprint density at radius 2 is 1.74 bits per heavy atom. The van der Waals surface area contributed by atoms with Gasteiger partial charge in [0.15, 0.2) is 11.5 Å². The molecule has 1 amide bonds. The van der Waals surface area contributed by atoms with Crippen LogP contribution in [0.1, 0.15) is 38.4 Å². The first-order chi connectivity index (χ1) is 19.4. The number of hydrogen-bond acceptors (Lipinski definition) is 8. The van der Waals surface area contributed by atoms with E-state index in [1.807, 2.05) is 4.90 Å². The number of aliphatic hydroxyl groups excluding tert-OH is 2. The molecule has 4 rings (SSSR count). The largest absolute Gasteiger partial charge is 0.494 e. The Labute approximate surface area is 240 Å². The number of rotatable bonds is 10. The van der Waals surface area contributed by atoms with Crippen LogP contribution in [0.15, 0.2) is 42.5 Å². The number of β-amino-alcohol motifs (C(OH)–C–C–N with tert-alkyl or cyclic N) is 1. The summed E-state index contributed by atoms with van der Waals surface area (Å²) in [6, 6.07) is 10.4. The first-order valence-corrected chi connectivity index (χ1v) is 12.9. The number of carbonyl (C=O) groups excluding carboxylic acids is 1. The Morgan fingerprint density at radius 1 is 1.10 bits per heavy atom. The number of carbonyl (C=O) groups is 2. The summed E-state index contributed by atoms with van der Waals surface area (Å²) in [5, 5.41) is 31.1. The van der Waals surface area contributed by atoms with Gasteiger partial charge in [-0.15, -0.1) is 0 Å². The zero-order chi connectivity index (χ0) is 30.0. The van der Waals surface area contributed by atoms with Crippen molar-refractivity contribution in [1.29, 1.82) is 0 Å². The van der Waals surface area contributed by atoms with Crippen molar-refractivity contribution in [1.82, 2.24) is 10.2 Å². The number of halogens is 4. The lowest BCUT2D eigenvalue weighted by molar-refractivity contribution is -0.192. The highest BCUT2D eigenvalue weighted by Gasteiger charge is 2.38. The molecule has 3 atom stereocenters. The summed E-state index contributed by atoms with van der Waals surface area (Å²) >= 11 is 0. The van der Waals surface area contributed by atoms with E-state index in [0.717, 1.165) is 0 Å². The Hall–Kier alpha value is -3.62. The molecule has 2 heterocycles. The van der Waals surface area contributed by atoms with Crippen molar-refractivity contribution in [2.75, 3.05) is 39.5 Å². The van der Waals surface area contributed by atoms with E-state index in [0.29, 0.717) is 75.1 Å². The van der Waals surface area contributed by atoms with Crippen molar-refractivity contribution in [2.24, 2.45) is 0 Å². The number of likely N-dealkylation sites (tertiary alicyclic amines) is 1. The number of aliphatic carboxylic acids is 1. The van der Waals surface area contributed by atoms with Gasteiger partial charge in [-0.05, 0) is 54.8 Å². The molecule has 2 aromatic rings. The third-order valence-electron chi connectivity index (χ3n) is 6.21. The zero-order valence-corrected chi connectivity index (χ0v) is 22.0. The number of hydrogen-bond donors (Lipinski definition) is 4. The van der Waals surface area contributed by atoms with Crippen LogP contribution in [0.2, 0.25) is 0 Å². The quantitative estimate of drug-likeness (QED) is 0.238. The van der Waals surface area contributed by atoms with E-state index in [9.17, 15) is 32.6 Å². The summed E-state index contributed by atoms with van der Waals surface area (Å²) in [5.74, 6) is -1.55. The minimum atomic E-state index is -5.08. The molecule has 1 saturated heterocycles. The molecule has 0 radical (unpaired) electrons. The topological polar surface area (TPSA) is 138 Å². The summed E-state index contributed by atoms with van der Waals surface area (Å²) < 4.78 is 61.4. The van der Waals surface area contributed by atoms with Crippen molar-refractivity contribution in [2.45, 2.75) is 51.1 Å². The molecule has 0 aliphatic carbocycles. The van der Waals surface area contributed by atoms with Crippen LogP contribution < -0.4 is 19.5 Å². The number of amides is 1. The molecular formula is C28H36F4N2O8. The first kappa shape index (κ1) is 34.6. The molecule has 234 valence electrons. The molecule has 2 aliphatic heterocycles. The predicted octanol–water partition coefficient (Wildman–Crippen LogP) is 3.31. The Kier molecular flexibility index (Phi) is 13.3. The summed E-state index contributed by atoms with van der Waals surface area (Å²) in [6.07, 6.45) is -5.09. The summed E-state index contributed by atoms with van der Waals surface area (Å²) in [5.41, 5.74) is 0.619. The number of ether oxygens (including phenoxy) is 3. The van der Waals surface area contributed by atoms with Gasteiger partial charge in [0.25, 0.3) is 0 Å². The second-order valence-corrected chi connectivity index (χ2v) is 9.43. The van der Waals surface area contributed by atoms with E-state index in [1.165, 1.54) is 12.1 Å². The van der Waals surface area contributed by atoms with E-state index < -0.39 is 30.4 Å². The molecule has 42 heavy (non-hydrogen) atoms. The lowest BCUT2D eigenvalue weighted by Gasteiger charge is -2.29. The lowest BCUT2D eigenvalue weighted by atomic mass is 10.0. The minimum absolute atomic E-state index is 0. The first-order valence-electron chi connectivity index (χ1n) is 12.9. The maximum Gasteiger partial charge on any atom is 0.490 e. The molecule has 2 aromatic carbocycles. The van der Waals surface area contributed by atoms with Crippen molar-refractivity contribution >= 4 is 11.9 Å². The number of carboxylic acids is 1. The maximum atomic E-state index is 13.0. The normalized spacial score (nSPS) is 17.6. The van der Waals surface area contributed by atoms with Gasteiger partial charge < -0.3 is 34.8 Å². The molecule has 1 fully saturated rings. The second kappa shape index (κ2) is 16.1. The van der Waals surface area contributed by atoms with Gasteiger partial charge in [0.1, 0.15) is 30.9 Å². The number of alkyl halides is 3. The van der Waals surface area contributed by atoms with E-state index in [-0.39, 0.29) is 25.6 Å². The van der Waals surface area contributed by atoms with Crippen molar-refractivity contribution in [3.63, 3.8) is 0 Å². The summed E-state index contributed by atoms with van der Waals surface area (Å²) in [7, 11) is 0. The van der Waals surface area contributed by atoms with Crippen LogP contribution in [-0.4, -0.2) is 89.9 Å². The van der Waals surface area contributed by atoms with Gasteiger partial charge in [-0.1, -0.05) is 13.5 Å². The van der Waals surface area contributed by atoms with E-state index in [4.69, 9.17) is 24.1 Å². The van der Waals surface area contributed by atoms with Crippen molar-refractivity contribution < 1.29 is 56.7 Å². The monoisotopic (exact) mass is 604 g/mol. The fourth-order valence-electron chi connectivity index (χ4n) is 4.19. The predicted molar refractivity (Wildman–Crippen MR) is 143 cm³/mol. The highest BCUT2D eigenvalue weighted by molar-refractivity contribution is 5.76. The number of carboxylic acid groups (broad SMARTS) is 1. The average Bonchev–Trinajstić information content (AvgIpc) is 3.35. The molecule has 0 saturated carbocycles. The number of nitrogens with one attached hydrogen (secondary N) is 1. The van der Waals surface area contributed by atoms with Crippen LogP contribution in [0.25, 0.3) is 0 Å². The fraction of sp³-hybridized carbons (Fsp3) is 0.500. The number of fused-ring (bicyclic) bond motifs is 1. The van der Waals surface area contributed by atoms with Crippen LogP contribution in [0.3, 0.4) is 0 Å². The van der Waals surface area contributed by atoms with Gasteiger partial charge in [0, 0.05) is 26.1 Å². The highest BCUT2D eigenvalue weighted by atomic mass is 19.4. The van der Waals surface area contributed by atoms with Gasteiger partial charge >= 0.3 is 12.1 Å². The SMILES string of the molecule is C.O=C(CCCOc1ccc(F)cc1)N[C@H](CN1CC[C@H](O)C1)[C@H](O)c1ccc2c(c1)OCCO2.O=C(O)C(F)(F)F. The Morgan fingerprint density at radius 3 is 2.33 bits per heavy atom. The second-order valence-electron chi connectivity index (χ2n) is 9.43. The third-order valence-corrected chi connectivity index (χ3v) is 6.21.